The van der Waals surface area contributed by atoms with E-state index in [0.717, 1.165) is 6.07 Å². The highest BCUT2D eigenvalue weighted by Gasteiger charge is 2.09. The fourth-order valence-electron chi connectivity index (χ4n) is 0.845. The predicted octanol–water partition coefficient (Wildman–Crippen LogP) is 2.13. The summed E-state index contributed by atoms with van der Waals surface area (Å²) in [5.41, 5.74) is 0.239. The molecule has 1 N–H and O–H groups in total. The molecule has 5 heteroatoms. The molecule has 0 aliphatic rings. The van der Waals surface area contributed by atoms with Crippen LogP contribution in [-0.4, -0.2) is 11.2 Å². The van der Waals surface area contributed by atoms with Crippen molar-refractivity contribution in [2.45, 2.75) is 6.54 Å². The summed E-state index contributed by atoms with van der Waals surface area (Å²) in [4.78, 5) is 13.0. The van der Waals surface area contributed by atoms with Gasteiger partial charge in [0.2, 0.25) is 6.08 Å². The van der Waals surface area contributed by atoms with Crippen LogP contribution in [0.15, 0.2) is 21.6 Å². The first-order valence-electron chi connectivity index (χ1n) is 3.36. The summed E-state index contributed by atoms with van der Waals surface area (Å²) in [5.74, 6) is -1.23. The molecule has 1 aromatic carbocycles. The van der Waals surface area contributed by atoms with Crippen molar-refractivity contribution in [2.75, 3.05) is 0 Å². The summed E-state index contributed by atoms with van der Waals surface area (Å²) >= 11 is 3.09. The van der Waals surface area contributed by atoms with Crippen molar-refractivity contribution in [3.05, 3.63) is 28.0 Å². The van der Waals surface area contributed by atoms with Crippen LogP contribution in [0.1, 0.15) is 5.56 Å². The number of phenols is 1. The van der Waals surface area contributed by atoms with Crippen molar-refractivity contribution in [3.8, 4) is 5.75 Å². The Morgan fingerprint density at radius 1 is 1.62 bits per heavy atom. The van der Waals surface area contributed by atoms with E-state index in [1.165, 1.54) is 12.1 Å². The Labute approximate surface area is 82.0 Å². The Bertz CT molecular complexity index is 375. The molecule has 0 spiro atoms. The van der Waals surface area contributed by atoms with E-state index in [4.69, 9.17) is 0 Å². The Hall–Kier alpha value is -1.19. The van der Waals surface area contributed by atoms with E-state index < -0.39 is 11.6 Å². The molecular weight excluding hydrogens is 241 g/mol. The van der Waals surface area contributed by atoms with Crippen LogP contribution in [0.4, 0.5) is 4.39 Å². The van der Waals surface area contributed by atoms with E-state index in [1.54, 1.807) is 0 Å². The first-order chi connectivity index (χ1) is 6.16. The van der Waals surface area contributed by atoms with Gasteiger partial charge in [-0.05, 0) is 12.1 Å². The fraction of sp³-hybridized carbons (Fsp3) is 0.125. The van der Waals surface area contributed by atoms with Gasteiger partial charge in [0.1, 0.15) is 0 Å². The van der Waals surface area contributed by atoms with Crippen LogP contribution in [0.5, 0.6) is 5.75 Å². The second-order valence-electron chi connectivity index (χ2n) is 2.26. The van der Waals surface area contributed by atoms with Crippen LogP contribution >= 0.6 is 15.9 Å². The number of hydrogen-bond acceptors (Lipinski definition) is 3. The third-order valence-corrected chi connectivity index (χ3v) is 2.22. The highest BCUT2D eigenvalue weighted by atomic mass is 79.9. The molecule has 0 aliphatic carbocycles. The lowest BCUT2D eigenvalue weighted by molar-refractivity contribution is 0.425. The summed E-state index contributed by atoms with van der Waals surface area (Å²) in [6, 6.07) is 2.55. The second-order valence-corrected chi connectivity index (χ2v) is 3.12. The standard InChI is InChI=1S/C8H5BrFNO2/c9-6-1-2-7(10)8(13)5(6)3-11-4-12/h1-2,13H,3H2. The molecule has 1 aromatic rings. The van der Waals surface area contributed by atoms with Gasteiger partial charge in [-0.1, -0.05) is 15.9 Å². The Balaban J connectivity index is 3.16. The first kappa shape index (κ1) is 9.89. The zero-order chi connectivity index (χ0) is 9.84. The molecule has 0 heterocycles. The Morgan fingerprint density at radius 3 is 2.92 bits per heavy atom. The van der Waals surface area contributed by atoms with Gasteiger partial charge >= 0.3 is 0 Å². The van der Waals surface area contributed by atoms with Gasteiger partial charge in [-0.25, -0.2) is 14.2 Å². The van der Waals surface area contributed by atoms with Gasteiger partial charge in [0.05, 0.1) is 6.54 Å². The van der Waals surface area contributed by atoms with Gasteiger partial charge in [-0.2, -0.15) is 0 Å². The summed E-state index contributed by atoms with van der Waals surface area (Å²) < 4.78 is 13.3. The van der Waals surface area contributed by atoms with E-state index in [2.05, 4.69) is 20.9 Å². The molecule has 0 bridgehead atoms. The molecule has 0 atom stereocenters. The van der Waals surface area contributed by atoms with E-state index in [9.17, 15) is 14.3 Å². The smallest absolute Gasteiger partial charge is 0.235 e. The number of halogens is 2. The van der Waals surface area contributed by atoms with Crippen LogP contribution in [0.25, 0.3) is 0 Å². The minimum atomic E-state index is -0.737. The molecule has 1 rings (SSSR count). The lowest BCUT2D eigenvalue weighted by Crippen LogP contribution is -1.88. The van der Waals surface area contributed by atoms with Crippen LogP contribution < -0.4 is 0 Å². The number of aliphatic imine (C=N–C) groups is 1. The maximum atomic E-state index is 12.8. The minimum absolute atomic E-state index is 0.0896. The van der Waals surface area contributed by atoms with Gasteiger partial charge in [0.25, 0.3) is 0 Å². The summed E-state index contributed by atoms with van der Waals surface area (Å²) in [7, 11) is 0. The number of rotatable bonds is 2. The largest absolute Gasteiger partial charge is 0.505 e. The molecule has 0 unspecified atom stereocenters. The molecule has 0 saturated heterocycles. The van der Waals surface area contributed by atoms with E-state index in [-0.39, 0.29) is 12.1 Å². The summed E-state index contributed by atoms with van der Waals surface area (Å²) in [5, 5.41) is 9.21. The Morgan fingerprint density at radius 2 is 2.31 bits per heavy atom. The van der Waals surface area contributed by atoms with Crippen LogP contribution in [0, 0.1) is 5.82 Å². The van der Waals surface area contributed by atoms with Gasteiger partial charge < -0.3 is 5.11 Å². The molecule has 0 radical (unpaired) electrons. The number of benzene rings is 1. The third-order valence-electron chi connectivity index (χ3n) is 1.48. The van der Waals surface area contributed by atoms with E-state index in [0.29, 0.717) is 4.47 Å². The number of aromatic hydroxyl groups is 1. The van der Waals surface area contributed by atoms with Crippen molar-refractivity contribution in [2.24, 2.45) is 4.99 Å². The summed E-state index contributed by atoms with van der Waals surface area (Å²) in [6.07, 6.45) is 1.31. The Kier molecular flexibility index (Phi) is 3.17. The zero-order valence-electron chi connectivity index (χ0n) is 6.42. The van der Waals surface area contributed by atoms with E-state index >= 15 is 0 Å². The average Bonchev–Trinajstić information content (AvgIpc) is 2.12. The van der Waals surface area contributed by atoms with Gasteiger partial charge in [-0.15, -0.1) is 0 Å². The van der Waals surface area contributed by atoms with Crippen molar-refractivity contribution >= 4 is 22.0 Å². The number of hydrogen-bond donors (Lipinski definition) is 1. The molecule has 68 valence electrons. The normalized spacial score (nSPS) is 9.38. The van der Waals surface area contributed by atoms with E-state index in [1.807, 2.05) is 0 Å². The number of carbonyl (C=O) groups excluding carboxylic acids is 1. The molecule has 3 nitrogen and oxygen atoms in total. The highest BCUT2D eigenvalue weighted by Crippen LogP contribution is 2.29. The van der Waals surface area contributed by atoms with Gasteiger partial charge in [0, 0.05) is 10.0 Å². The molecule has 0 aliphatic heterocycles. The lowest BCUT2D eigenvalue weighted by atomic mass is 10.2. The maximum Gasteiger partial charge on any atom is 0.235 e. The fourth-order valence-corrected chi connectivity index (χ4v) is 1.29. The second kappa shape index (κ2) is 4.16. The third kappa shape index (κ3) is 2.14. The van der Waals surface area contributed by atoms with Crippen molar-refractivity contribution in [1.82, 2.24) is 0 Å². The molecule has 0 saturated carbocycles. The predicted molar refractivity (Wildman–Crippen MR) is 47.6 cm³/mol. The highest BCUT2D eigenvalue weighted by molar-refractivity contribution is 9.10. The number of phenolic OH excluding ortho intramolecular Hbond substituents is 1. The quantitative estimate of drug-likeness (QED) is 0.641. The van der Waals surface area contributed by atoms with Gasteiger partial charge in [0.15, 0.2) is 11.6 Å². The van der Waals surface area contributed by atoms with Crippen molar-refractivity contribution in [1.29, 1.82) is 0 Å². The van der Waals surface area contributed by atoms with Crippen molar-refractivity contribution in [3.63, 3.8) is 0 Å². The molecular formula is C8H5BrFNO2. The van der Waals surface area contributed by atoms with Crippen LogP contribution in [-0.2, 0) is 11.3 Å². The lowest BCUT2D eigenvalue weighted by Gasteiger charge is -2.03. The number of isocyanates is 1. The monoisotopic (exact) mass is 245 g/mol. The average molecular weight is 246 g/mol. The maximum absolute atomic E-state index is 12.8. The molecule has 13 heavy (non-hydrogen) atoms. The molecule has 0 fully saturated rings. The van der Waals surface area contributed by atoms with Crippen LogP contribution in [0.2, 0.25) is 0 Å². The SMILES string of the molecule is O=C=NCc1c(Br)ccc(F)c1O. The summed E-state index contributed by atoms with van der Waals surface area (Å²) in [6.45, 7) is -0.0896. The molecule has 0 aromatic heterocycles. The van der Waals surface area contributed by atoms with Gasteiger partial charge in [-0.3, -0.25) is 0 Å². The molecule has 0 amide bonds. The first-order valence-corrected chi connectivity index (χ1v) is 4.15. The number of nitrogens with zero attached hydrogens (tertiary/aromatic N) is 1. The van der Waals surface area contributed by atoms with Crippen LogP contribution in [0.3, 0.4) is 0 Å². The zero-order valence-corrected chi connectivity index (χ0v) is 8.01. The minimum Gasteiger partial charge on any atom is -0.505 e. The topological polar surface area (TPSA) is 49.7 Å². The van der Waals surface area contributed by atoms with Crippen molar-refractivity contribution < 1.29 is 14.3 Å².